The molecule has 1 amide bonds. The maximum atomic E-state index is 12.1. The maximum Gasteiger partial charge on any atom is 0.244 e. The van der Waals surface area contributed by atoms with Crippen LogP contribution in [0.1, 0.15) is 11.3 Å². The highest BCUT2D eigenvalue weighted by Crippen LogP contribution is 2.38. The summed E-state index contributed by atoms with van der Waals surface area (Å²) in [5, 5.41) is 2.79. The Morgan fingerprint density at radius 3 is 2.37 bits per heavy atom. The summed E-state index contributed by atoms with van der Waals surface area (Å²) in [6.07, 6.45) is 4.77. The Morgan fingerprint density at radius 2 is 1.81 bits per heavy atom. The van der Waals surface area contributed by atoms with Gasteiger partial charge in [0.05, 0.1) is 33.6 Å². The molecule has 1 aromatic carbocycles. The zero-order valence-corrected chi connectivity index (χ0v) is 16.1. The lowest BCUT2D eigenvalue weighted by molar-refractivity contribution is -0.116. The van der Waals surface area contributed by atoms with Gasteiger partial charge in [-0.15, -0.1) is 0 Å². The average Bonchev–Trinajstić information content (AvgIpc) is 2.69. The first-order chi connectivity index (χ1) is 13.0. The minimum Gasteiger partial charge on any atom is -0.493 e. The van der Waals surface area contributed by atoms with E-state index in [4.69, 9.17) is 14.2 Å². The third-order valence-electron chi connectivity index (χ3n) is 3.66. The fraction of sp³-hybridized carbons (Fsp3) is 0.316. The number of benzene rings is 1. The van der Waals surface area contributed by atoms with Crippen LogP contribution < -0.4 is 24.4 Å². The van der Waals surface area contributed by atoms with Gasteiger partial charge in [0.1, 0.15) is 0 Å². The highest BCUT2D eigenvalue weighted by atomic mass is 16.5. The molecule has 0 bridgehead atoms. The predicted molar refractivity (Wildman–Crippen MR) is 103 cm³/mol. The molecular weight excluding hydrogens is 348 g/mol. The van der Waals surface area contributed by atoms with Crippen molar-refractivity contribution in [2.24, 2.45) is 0 Å². The summed E-state index contributed by atoms with van der Waals surface area (Å²) in [7, 11) is 8.34. The Morgan fingerprint density at radius 1 is 1.15 bits per heavy atom. The molecule has 2 rings (SSSR count). The Kier molecular flexibility index (Phi) is 6.99. The summed E-state index contributed by atoms with van der Waals surface area (Å²) in [5.74, 6) is 1.90. The Balaban J connectivity index is 2.05. The molecule has 144 valence electrons. The lowest BCUT2D eigenvalue weighted by Crippen LogP contribution is -2.22. The van der Waals surface area contributed by atoms with E-state index in [1.807, 2.05) is 14.1 Å². The monoisotopic (exact) mass is 372 g/mol. The molecule has 0 aliphatic rings. The van der Waals surface area contributed by atoms with E-state index in [1.54, 1.807) is 49.6 Å². The molecule has 0 aliphatic carbocycles. The van der Waals surface area contributed by atoms with Crippen LogP contribution in [0.5, 0.6) is 17.2 Å². The first-order valence-corrected chi connectivity index (χ1v) is 8.23. The van der Waals surface area contributed by atoms with E-state index in [1.165, 1.54) is 13.2 Å². The van der Waals surface area contributed by atoms with Gasteiger partial charge in [0, 0.05) is 26.4 Å². The van der Waals surface area contributed by atoms with Gasteiger partial charge in [-0.2, -0.15) is 0 Å². The van der Waals surface area contributed by atoms with Gasteiger partial charge in [-0.05, 0) is 29.8 Å². The minimum absolute atomic E-state index is 0.242. The van der Waals surface area contributed by atoms with Gasteiger partial charge in [0.15, 0.2) is 11.5 Å². The molecule has 0 saturated heterocycles. The topological polar surface area (TPSA) is 85.8 Å². The van der Waals surface area contributed by atoms with E-state index in [0.717, 1.165) is 11.3 Å². The van der Waals surface area contributed by atoms with Crippen molar-refractivity contribution in [1.82, 2.24) is 15.3 Å². The number of carbonyl (C=O) groups is 1. The third kappa shape index (κ3) is 5.34. The second-order valence-electron chi connectivity index (χ2n) is 5.75. The molecule has 8 nitrogen and oxygen atoms in total. The highest BCUT2D eigenvalue weighted by Gasteiger charge is 2.12. The second-order valence-corrected chi connectivity index (χ2v) is 5.75. The summed E-state index contributed by atoms with van der Waals surface area (Å²) in [6, 6.07) is 5.29. The van der Waals surface area contributed by atoms with E-state index < -0.39 is 0 Å². The van der Waals surface area contributed by atoms with Crippen molar-refractivity contribution < 1.29 is 19.0 Å². The van der Waals surface area contributed by atoms with Crippen LogP contribution in [0.15, 0.2) is 30.5 Å². The molecule has 1 heterocycles. The molecule has 1 aromatic heterocycles. The van der Waals surface area contributed by atoms with Crippen LogP contribution in [0.4, 0.5) is 5.95 Å². The summed E-state index contributed by atoms with van der Waals surface area (Å²) in [6.45, 7) is 0.307. The van der Waals surface area contributed by atoms with Crippen LogP contribution in [-0.2, 0) is 11.3 Å². The van der Waals surface area contributed by atoms with Crippen LogP contribution in [-0.4, -0.2) is 51.3 Å². The standard InChI is InChI=1S/C19H24N4O4/c1-23(2)19-20-9-8-14(22-19)12-21-17(24)7-6-13-10-15(25-3)18(27-5)16(11-13)26-4/h6-11H,12H2,1-5H3,(H,21,24)/b7-6+. The van der Waals surface area contributed by atoms with Crippen LogP contribution in [0, 0.1) is 0 Å². The van der Waals surface area contributed by atoms with Gasteiger partial charge < -0.3 is 24.4 Å². The van der Waals surface area contributed by atoms with E-state index in [2.05, 4.69) is 15.3 Å². The van der Waals surface area contributed by atoms with Crippen LogP contribution in [0.2, 0.25) is 0 Å². The van der Waals surface area contributed by atoms with Crippen molar-refractivity contribution in [1.29, 1.82) is 0 Å². The van der Waals surface area contributed by atoms with Crippen LogP contribution in [0.3, 0.4) is 0 Å². The van der Waals surface area contributed by atoms with E-state index in [9.17, 15) is 4.79 Å². The maximum absolute atomic E-state index is 12.1. The number of carbonyl (C=O) groups excluding carboxylic acids is 1. The summed E-state index contributed by atoms with van der Waals surface area (Å²) in [5.41, 5.74) is 1.47. The molecule has 0 atom stereocenters. The lowest BCUT2D eigenvalue weighted by Gasteiger charge is -2.12. The number of nitrogens with one attached hydrogen (secondary N) is 1. The number of amides is 1. The number of hydrogen-bond acceptors (Lipinski definition) is 7. The number of aromatic nitrogens is 2. The lowest BCUT2D eigenvalue weighted by atomic mass is 10.1. The van der Waals surface area contributed by atoms with Gasteiger partial charge in [0.25, 0.3) is 0 Å². The summed E-state index contributed by atoms with van der Waals surface area (Å²) in [4.78, 5) is 22.4. The molecule has 2 aromatic rings. The van der Waals surface area contributed by atoms with Crippen molar-refractivity contribution in [3.05, 3.63) is 41.7 Å². The number of ether oxygens (including phenoxy) is 3. The number of hydrogen-bond donors (Lipinski definition) is 1. The molecular formula is C19H24N4O4. The minimum atomic E-state index is -0.242. The number of nitrogens with zero attached hydrogens (tertiary/aromatic N) is 3. The van der Waals surface area contributed by atoms with Crippen LogP contribution >= 0.6 is 0 Å². The largest absolute Gasteiger partial charge is 0.493 e. The van der Waals surface area contributed by atoms with Crippen molar-refractivity contribution in [3.8, 4) is 17.2 Å². The molecule has 0 unspecified atom stereocenters. The Hall–Kier alpha value is -3.29. The number of rotatable bonds is 8. The number of anilines is 1. The molecule has 0 radical (unpaired) electrons. The molecule has 27 heavy (non-hydrogen) atoms. The van der Waals surface area contributed by atoms with Crippen molar-refractivity contribution in [2.75, 3.05) is 40.3 Å². The Bertz CT molecular complexity index is 796. The molecule has 0 saturated carbocycles. The van der Waals surface area contributed by atoms with E-state index >= 15 is 0 Å². The van der Waals surface area contributed by atoms with Crippen molar-refractivity contribution in [2.45, 2.75) is 6.54 Å². The highest BCUT2D eigenvalue weighted by molar-refractivity contribution is 5.91. The van der Waals surface area contributed by atoms with E-state index in [0.29, 0.717) is 29.7 Å². The summed E-state index contributed by atoms with van der Waals surface area (Å²) >= 11 is 0. The second kappa shape index (κ2) is 9.42. The fourth-order valence-corrected chi connectivity index (χ4v) is 2.30. The van der Waals surface area contributed by atoms with Gasteiger partial charge in [0.2, 0.25) is 17.6 Å². The fourth-order valence-electron chi connectivity index (χ4n) is 2.30. The van der Waals surface area contributed by atoms with Gasteiger partial charge >= 0.3 is 0 Å². The molecule has 0 aliphatic heterocycles. The van der Waals surface area contributed by atoms with Crippen molar-refractivity contribution in [3.63, 3.8) is 0 Å². The van der Waals surface area contributed by atoms with Crippen molar-refractivity contribution >= 4 is 17.9 Å². The normalized spacial score (nSPS) is 10.6. The predicted octanol–water partition coefficient (Wildman–Crippen LogP) is 1.90. The Labute approximate surface area is 158 Å². The smallest absolute Gasteiger partial charge is 0.244 e. The molecule has 8 heteroatoms. The molecule has 1 N–H and O–H groups in total. The quantitative estimate of drug-likeness (QED) is 0.708. The van der Waals surface area contributed by atoms with E-state index in [-0.39, 0.29) is 5.91 Å². The van der Waals surface area contributed by atoms with Gasteiger partial charge in [-0.1, -0.05) is 0 Å². The van der Waals surface area contributed by atoms with Gasteiger partial charge in [-0.25, -0.2) is 9.97 Å². The zero-order chi connectivity index (χ0) is 19.8. The van der Waals surface area contributed by atoms with Gasteiger partial charge in [-0.3, -0.25) is 4.79 Å². The number of methoxy groups -OCH3 is 3. The first-order valence-electron chi connectivity index (χ1n) is 8.23. The molecule has 0 fully saturated rings. The first kappa shape index (κ1) is 20.0. The average molecular weight is 372 g/mol. The SMILES string of the molecule is COc1cc(/C=C/C(=O)NCc2ccnc(N(C)C)n2)cc(OC)c1OC. The molecule has 0 spiro atoms. The van der Waals surface area contributed by atoms with Crippen LogP contribution in [0.25, 0.3) is 6.08 Å². The summed E-state index contributed by atoms with van der Waals surface area (Å²) < 4.78 is 15.9. The third-order valence-corrected chi connectivity index (χ3v) is 3.66. The zero-order valence-electron chi connectivity index (χ0n) is 16.1.